The maximum absolute atomic E-state index is 10.5. The van der Waals surface area contributed by atoms with Crippen LogP contribution in [0.1, 0.15) is 86.1 Å². The van der Waals surface area contributed by atoms with E-state index < -0.39 is 17.4 Å². The topological polar surface area (TPSA) is 54.4 Å². The SMILES string of the molecule is CCCC[P+](CCCC)(CCCC)CCCC.Cc1ccc(S(=O)(=O)O)cc1.[H-].[Na+]. The summed E-state index contributed by atoms with van der Waals surface area (Å²) >= 11 is 0. The van der Waals surface area contributed by atoms with Crippen molar-refractivity contribution in [2.45, 2.75) is 90.9 Å². The van der Waals surface area contributed by atoms with Crippen molar-refractivity contribution in [1.82, 2.24) is 0 Å². The van der Waals surface area contributed by atoms with Crippen LogP contribution in [0.15, 0.2) is 29.2 Å². The fourth-order valence-electron chi connectivity index (χ4n) is 3.36. The Labute approximate surface area is 205 Å². The Morgan fingerprint density at radius 2 is 1.07 bits per heavy atom. The van der Waals surface area contributed by atoms with Crippen LogP contribution in [0.25, 0.3) is 0 Å². The van der Waals surface area contributed by atoms with Crippen LogP contribution >= 0.6 is 7.26 Å². The van der Waals surface area contributed by atoms with Gasteiger partial charge in [0.05, 0.1) is 29.5 Å². The molecule has 0 unspecified atom stereocenters. The van der Waals surface area contributed by atoms with E-state index in [1.54, 1.807) is 36.8 Å². The molecule has 0 fully saturated rings. The minimum Gasteiger partial charge on any atom is -1.00 e. The Balaban J connectivity index is -0.000000489. The van der Waals surface area contributed by atoms with Gasteiger partial charge in [-0.15, -0.1) is 0 Å². The van der Waals surface area contributed by atoms with Crippen LogP contribution in [0.2, 0.25) is 0 Å². The van der Waals surface area contributed by atoms with E-state index in [-0.39, 0.29) is 35.9 Å². The Morgan fingerprint density at radius 3 is 1.31 bits per heavy atom. The fraction of sp³-hybridized carbons (Fsp3) is 0.739. The first kappa shape index (κ1) is 31.7. The molecule has 0 aliphatic rings. The van der Waals surface area contributed by atoms with E-state index in [2.05, 4.69) is 27.7 Å². The molecule has 0 radical (unpaired) electrons. The van der Waals surface area contributed by atoms with Crippen LogP contribution in [0.4, 0.5) is 0 Å². The standard InChI is InChI=1S/C16H36P.C7H8O3S.Na.H/c1-5-9-13-17(14-10-6-2,15-11-7-3)16-12-8-4;1-6-2-4-7(5-3-6)11(8,9)10;;/h5-16H2,1-4H3;2-5H,1H3,(H,8,9,10);;/q+1;;+1;-1. The first-order valence-corrected chi connectivity index (χ1v) is 15.1. The van der Waals surface area contributed by atoms with Gasteiger partial charge in [-0.3, -0.25) is 4.55 Å². The normalized spacial score (nSPS) is 11.4. The van der Waals surface area contributed by atoms with E-state index >= 15 is 0 Å². The van der Waals surface area contributed by atoms with E-state index in [1.807, 2.05) is 6.92 Å². The second-order valence-electron chi connectivity index (χ2n) is 7.94. The van der Waals surface area contributed by atoms with Crippen molar-refractivity contribution in [1.29, 1.82) is 0 Å². The van der Waals surface area contributed by atoms with Crippen LogP contribution in [-0.4, -0.2) is 37.6 Å². The van der Waals surface area contributed by atoms with Crippen LogP contribution in [-0.2, 0) is 10.1 Å². The number of aryl methyl sites for hydroxylation is 1. The molecular formula is C23H45NaO3PS+. The van der Waals surface area contributed by atoms with Crippen LogP contribution in [0.5, 0.6) is 0 Å². The number of benzene rings is 1. The van der Waals surface area contributed by atoms with Crippen molar-refractivity contribution in [3.63, 3.8) is 0 Å². The van der Waals surface area contributed by atoms with Gasteiger partial charge in [0.2, 0.25) is 0 Å². The molecule has 0 atom stereocenters. The van der Waals surface area contributed by atoms with Gasteiger partial charge in [-0.2, -0.15) is 8.42 Å². The molecule has 0 saturated carbocycles. The van der Waals surface area contributed by atoms with Crippen molar-refractivity contribution >= 4 is 17.4 Å². The predicted molar refractivity (Wildman–Crippen MR) is 128 cm³/mol. The molecular weight excluding hydrogens is 410 g/mol. The Morgan fingerprint density at radius 1 is 0.759 bits per heavy atom. The molecule has 0 bridgehead atoms. The summed E-state index contributed by atoms with van der Waals surface area (Å²) in [6, 6.07) is 5.99. The smallest absolute Gasteiger partial charge is 1.00 e. The van der Waals surface area contributed by atoms with Crippen molar-refractivity contribution in [2.75, 3.05) is 24.6 Å². The van der Waals surface area contributed by atoms with Gasteiger partial charge in [0.15, 0.2) is 0 Å². The molecule has 0 aromatic heterocycles. The Hall–Kier alpha value is 0.560. The third-order valence-electron chi connectivity index (χ3n) is 5.26. The average molecular weight is 456 g/mol. The molecule has 0 amide bonds. The summed E-state index contributed by atoms with van der Waals surface area (Å²) in [6.07, 6.45) is 17.9. The first-order valence-electron chi connectivity index (χ1n) is 11.1. The molecule has 1 N–H and O–H groups in total. The van der Waals surface area contributed by atoms with E-state index in [0.717, 1.165) is 5.56 Å². The third kappa shape index (κ3) is 15.1. The molecule has 0 aliphatic carbocycles. The van der Waals surface area contributed by atoms with Crippen molar-refractivity contribution in [3.8, 4) is 0 Å². The van der Waals surface area contributed by atoms with Crippen molar-refractivity contribution < 1.29 is 44.0 Å². The molecule has 1 rings (SSSR count). The molecule has 0 heterocycles. The van der Waals surface area contributed by atoms with Crippen LogP contribution < -0.4 is 29.6 Å². The van der Waals surface area contributed by atoms with E-state index in [4.69, 9.17) is 4.55 Å². The predicted octanol–water partition coefficient (Wildman–Crippen LogP) is 4.56. The zero-order valence-corrected chi connectivity index (χ0v) is 23.6. The van der Waals surface area contributed by atoms with Crippen LogP contribution in [0, 0.1) is 6.92 Å². The molecule has 0 spiro atoms. The maximum atomic E-state index is 10.5. The average Bonchev–Trinajstić information content (AvgIpc) is 2.67. The van der Waals surface area contributed by atoms with Gasteiger partial charge in [0.25, 0.3) is 10.1 Å². The van der Waals surface area contributed by atoms with Gasteiger partial charge in [0.1, 0.15) is 0 Å². The summed E-state index contributed by atoms with van der Waals surface area (Å²) in [7, 11) is -4.58. The number of unbranched alkanes of at least 4 members (excludes halogenated alkanes) is 4. The number of rotatable bonds is 13. The van der Waals surface area contributed by atoms with Gasteiger partial charge in [-0.1, -0.05) is 71.1 Å². The molecule has 0 saturated heterocycles. The van der Waals surface area contributed by atoms with Crippen LogP contribution in [0.3, 0.4) is 0 Å². The van der Waals surface area contributed by atoms with E-state index in [0.29, 0.717) is 0 Å². The molecule has 0 aliphatic heterocycles. The fourth-order valence-corrected chi connectivity index (χ4v) is 9.13. The van der Waals surface area contributed by atoms with Crippen molar-refractivity contribution in [3.05, 3.63) is 29.8 Å². The largest absolute Gasteiger partial charge is 1.00 e. The van der Waals surface area contributed by atoms with E-state index in [1.165, 1.54) is 63.5 Å². The quantitative estimate of drug-likeness (QED) is 0.269. The van der Waals surface area contributed by atoms with E-state index in [9.17, 15) is 8.42 Å². The summed E-state index contributed by atoms with van der Waals surface area (Å²) in [4.78, 5) is -0.0666. The molecule has 1 aromatic carbocycles. The molecule has 1 aromatic rings. The molecule has 166 valence electrons. The second-order valence-corrected chi connectivity index (χ2v) is 13.8. The summed E-state index contributed by atoms with van der Waals surface area (Å²) in [6.45, 7) is 11.3. The summed E-state index contributed by atoms with van der Waals surface area (Å²) in [5.74, 6) is 0. The molecule has 3 nitrogen and oxygen atoms in total. The zero-order valence-electron chi connectivity index (χ0n) is 20.9. The summed E-state index contributed by atoms with van der Waals surface area (Å²) < 4.78 is 29.6. The summed E-state index contributed by atoms with van der Waals surface area (Å²) in [5, 5.41) is 0. The molecule has 29 heavy (non-hydrogen) atoms. The van der Waals surface area contributed by atoms with Gasteiger partial charge in [-0.05, 0) is 44.7 Å². The minimum absolute atomic E-state index is 0. The first-order chi connectivity index (χ1) is 13.2. The second kappa shape index (κ2) is 18.2. The molecule has 6 heteroatoms. The van der Waals surface area contributed by atoms with Crippen molar-refractivity contribution in [2.24, 2.45) is 0 Å². The number of hydrogen-bond acceptors (Lipinski definition) is 2. The van der Waals surface area contributed by atoms with Gasteiger partial charge < -0.3 is 1.43 Å². The monoisotopic (exact) mass is 455 g/mol. The Kier molecular flexibility index (Phi) is 19.9. The van der Waals surface area contributed by atoms with Gasteiger partial charge >= 0.3 is 29.6 Å². The number of hydrogen-bond donors (Lipinski definition) is 1. The Bertz CT molecular complexity index is 572. The van der Waals surface area contributed by atoms with Gasteiger partial charge in [0, 0.05) is 7.26 Å². The maximum Gasteiger partial charge on any atom is 1.00 e. The summed E-state index contributed by atoms with van der Waals surface area (Å²) in [5.41, 5.74) is 0.956. The van der Waals surface area contributed by atoms with Gasteiger partial charge in [-0.25, -0.2) is 0 Å². The third-order valence-corrected chi connectivity index (χ3v) is 11.2. The zero-order chi connectivity index (χ0) is 21.5. The minimum atomic E-state index is -4.02.